The monoisotopic (exact) mass is 505 g/mol. The fraction of sp³-hybridized carbons (Fsp3) is 0.333. The number of aromatic nitrogens is 3. The van der Waals surface area contributed by atoms with Crippen molar-refractivity contribution in [1.29, 1.82) is 0 Å². The first-order valence-electron chi connectivity index (χ1n) is 11.1. The lowest BCUT2D eigenvalue weighted by atomic mass is 9.76. The Hall–Kier alpha value is -3.27. The number of anilines is 1. The third kappa shape index (κ3) is 4.54. The van der Waals surface area contributed by atoms with Gasteiger partial charge >= 0.3 is 6.18 Å². The van der Waals surface area contributed by atoms with Crippen LogP contribution >= 0.6 is 11.6 Å². The van der Waals surface area contributed by atoms with Crippen LogP contribution in [-0.2, 0) is 6.18 Å². The van der Waals surface area contributed by atoms with Crippen LogP contribution in [0.5, 0.6) is 0 Å². The van der Waals surface area contributed by atoms with Crippen LogP contribution < -0.4 is 5.32 Å². The summed E-state index contributed by atoms with van der Waals surface area (Å²) >= 11 is 6.09. The zero-order valence-electron chi connectivity index (χ0n) is 18.3. The minimum absolute atomic E-state index is 0.101. The second-order valence-electron chi connectivity index (χ2n) is 8.74. The number of carbonyl (C=O) groups is 1. The van der Waals surface area contributed by atoms with Crippen molar-refractivity contribution in [2.24, 2.45) is 5.92 Å². The quantitative estimate of drug-likeness (QED) is 0.477. The predicted octanol–water partition coefficient (Wildman–Crippen LogP) is 5.46. The number of carbonyl (C=O) groups excluding carboxylic acids is 1. The summed E-state index contributed by atoms with van der Waals surface area (Å²) in [6.07, 6.45) is 1.46. The minimum atomic E-state index is -4.55. The molecule has 11 heteroatoms. The topological polar surface area (TPSA) is 71.0 Å². The van der Waals surface area contributed by atoms with Gasteiger partial charge in [0.15, 0.2) is 5.82 Å². The Morgan fingerprint density at radius 3 is 2.57 bits per heavy atom. The molecule has 3 atom stereocenters. The molecule has 0 spiro atoms. The number of amides is 1. The number of hydrogen-bond acceptors (Lipinski definition) is 5. The summed E-state index contributed by atoms with van der Waals surface area (Å²) in [6, 6.07) is 6.19. The van der Waals surface area contributed by atoms with Crippen LogP contribution in [0.3, 0.4) is 0 Å². The number of fused-ring (bicyclic) bond motifs is 3. The normalized spacial score (nSPS) is 21.7. The van der Waals surface area contributed by atoms with E-state index in [2.05, 4.69) is 20.3 Å². The third-order valence-electron chi connectivity index (χ3n) is 6.56. The third-order valence-corrected chi connectivity index (χ3v) is 6.85. The van der Waals surface area contributed by atoms with Gasteiger partial charge in [0.05, 0.1) is 22.2 Å². The van der Waals surface area contributed by atoms with Crippen molar-refractivity contribution in [2.45, 2.75) is 37.5 Å². The van der Waals surface area contributed by atoms with Gasteiger partial charge in [-0.05, 0) is 43.4 Å². The lowest BCUT2D eigenvalue weighted by molar-refractivity contribution is -0.137. The number of hydrogen-bond donors (Lipinski definition) is 1. The molecule has 1 aliphatic carbocycles. The molecule has 4 heterocycles. The molecule has 3 aliphatic rings. The standard InChI is InChI=1S/C24H20ClF4N5O/c25-16-10-14(24(27,28)29)11-32-22(16)33-18-9-13-5-6-19(18)34(12-13)23(35)20-15(3-1-4-17(20)26)21-30-7-2-8-31-21/h1-4,7-8,10-11,13,18-19H,5-6,9,12H2,(H,32,33). The Labute approximate surface area is 203 Å². The largest absolute Gasteiger partial charge is 0.417 e. The molecule has 182 valence electrons. The van der Waals surface area contributed by atoms with Crippen LogP contribution in [0.2, 0.25) is 5.02 Å². The van der Waals surface area contributed by atoms with Crippen molar-refractivity contribution in [3.05, 3.63) is 70.9 Å². The molecule has 0 radical (unpaired) electrons. The van der Waals surface area contributed by atoms with Crippen molar-refractivity contribution in [3.8, 4) is 11.4 Å². The van der Waals surface area contributed by atoms with Crippen molar-refractivity contribution in [1.82, 2.24) is 19.9 Å². The van der Waals surface area contributed by atoms with Gasteiger partial charge in [-0.15, -0.1) is 0 Å². The Bertz CT molecular complexity index is 1260. The van der Waals surface area contributed by atoms with E-state index in [1.165, 1.54) is 24.5 Å². The molecular weight excluding hydrogens is 486 g/mol. The lowest BCUT2D eigenvalue weighted by Crippen LogP contribution is -2.60. The molecule has 2 bridgehead atoms. The van der Waals surface area contributed by atoms with Crippen LogP contribution in [0.4, 0.5) is 23.4 Å². The maximum Gasteiger partial charge on any atom is 0.417 e. The highest BCUT2D eigenvalue weighted by Gasteiger charge is 2.44. The summed E-state index contributed by atoms with van der Waals surface area (Å²) in [6.45, 7) is 0.458. The van der Waals surface area contributed by atoms with Crippen LogP contribution in [0.1, 0.15) is 35.2 Å². The van der Waals surface area contributed by atoms with E-state index >= 15 is 0 Å². The summed E-state index contributed by atoms with van der Waals surface area (Å²) in [7, 11) is 0. The van der Waals surface area contributed by atoms with Crippen molar-refractivity contribution in [2.75, 3.05) is 11.9 Å². The van der Waals surface area contributed by atoms with Crippen LogP contribution in [-0.4, -0.2) is 44.4 Å². The maximum atomic E-state index is 15.0. The molecule has 3 unspecified atom stereocenters. The first kappa shape index (κ1) is 23.5. The maximum absolute atomic E-state index is 15.0. The lowest BCUT2D eigenvalue weighted by Gasteiger charge is -2.50. The van der Waals surface area contributed by atoms with Gasteiger partial charge in [0.1, 0.15) is 11.6 Å². The number of rotatable bonds is 4. The van der Waals surface area contributed by atoms with E-state index in [1.807, 2.05) is 0 Å². The van der Waals surface area contributed by atoms with E-state index in [0.29, 0.717) is 24.9 Å². The van der Waals surface area contributed by atoms with Crippen LogP contribution in [0, 0.1) is 11.7 Å². The van der Waals surface area contributed by atoms with Gasteiger partial charge in [0.2, 0.25) is 0 Å². The molecule has 2 aromatic heterocycles. The summed E-state index contributed by atoms with van der Waals surface area (Å²) in [5.74, 6) is -0.628. The molecule has 35 heavy (non-hydrogen) atoms. The highest BCUT2D eigenvalue weighted by molar-refractivity contribution is 6.33. The Kier molecular flexibility index (Phi) is 6.08. The van der Waals surface area contributed by atoms with Crippen molar-refractivity contribution in [3.63, 3.8) is 0 Å². The van der Waals surface area contributed by atoms with Crippen molar-refractivity contribution < 1.29 is 22.4 Å². The van der Waals surface area contributed by atoms with E-state index in [9.17, 15) is 22.4 Å². The van der Waals surface area contributed by atoms with Crippen LogP contribution in [0.25, 0.3) is 11.4 Å². The Morgan fingerprint density at radius 2 is 1.89 bits per heavy atom. The molecule has 3 aromatic rings. The summed E-state index contributed by atoms with van der Waals surface area (Å²) in [5, 5.41) is 2.98. The molecule has 1 N–H and O–H groups in total. The van der Waals surface area contributed by atoms with E-state index in [1.54, 1.807) is 17.0 Å². The second kappa shape index (κ2) is 9.07. The van der Waals surface area contributed by atoms with Gasteiger partial charge in [-0.3, -0.25) is 4.79 Å². The Morgan fingerprint density at radius 1 is 1.11 bits per heavy atom. The number of pyridine rings is 1. The molecule has 1 saturated carbocycles. The van der Waals surface area contributed by atoms with Gasteiger partial charge in [-0.1, -0.05) is 23.7 Å². The molecule has 2 saturated heterocycles. The SMILES string of the molecule is O=C(c1c(F)cccc1-c1ncccn1)N1CC2CCC1C(Nc1ncc(C(F)(F)F)cc1Cl)C2. The summed E-state index contributed by atoms with van der Waals surface area (Å²) in [4.78, 5) is 27.5. The zero-order chi connectivity index (χ0) is 24.7. The molecule has 6 rings (SSSR count). The fourth-order valence-corrected chi connectivity index (χ4v) is 5.19. The van der Waals surface area contributed by atoms with E-state index < -0.39 is 23.5 Å². The first-order chi connectivity index (χ1) is 16.7. The van der Waals surface area contributed by atoms with Gasteiger partial charge in [0.25, 0.3) is 5.91 Å². The Balaban J connectivity index is 1.43. The minimum Gasteiger partial charge on any atom is -0.364 e. The highest BCUT2D eigenvalue weighted by atomic mass is 35.5. The van der Waals surface area contributed by atoms with Crippen LogP contribution in [0.15, 0.2) is 48.9 Å². The van der Waals surface area contributed by atoms with Gasteiger partial charge < -0.3 is 10.2 Å². The number of halogens is 5. The molecule has 6 nitrogen and oxygen atoms in total. The van der Waals surface area contributed by atoms with Gasteiger partial charge in [-0.25, -0.2) is 19.3 Å². The van der Waals surface area contributed by atoms with E-state index in [0.717, 1.165) is 18.7 Å². The molecule has 3 fully saturated rings. The van der Waals surface area contributed by atoms with E-state index in [-0.39, 0.29) is 40.2 Å². The zero-order valence-corrected chi connectivity index (χ0v) is 19.0. The van der Waals surface area contributed by atoms with Gasteiger partial charge in [-0.2, -0.15) is 13.2 Å². The van der Waals surface area contributed by atoms with Crippen molar-refractivity contribution >= 4 is 23.3 Å². The average molecular weight is 506 g/mol. The molecular formula is C24H20ClF4N5O. The average Bonchev–Trinajstić information content (AvgIpc) is 2.85. The fourth-order valence-electron chi connectivity index (χ4n) is 4.97. The number of nitrogens with zero attached hydrogens (tertiary/aromatic N) is 4. The van der Waals surface area contributed by atoms with Gasteiger partial charge in [0, 0.05) is 36.7 Å². The number of piperidine rings is 2. The molecule has 2 aliphatic heterocycles. The number of nitrogens with one attached hydrogen (secondary N) is 1. The molecule has 1 amide bonds. The highest BCUT2D eigenvalue weighted by Crippen LogP contribution is 2.40. The second-order valence-corrected chi connectivity index (χ2v) is 9.15. The number of benzene rings is 1. The molecule has 1 aromatic carbocycles. The summed E-state index contributed by atoms with van der Waals surface area (Å²) in [5.41, 5.74) is -0.741. The van der Waals surface area contributed by atoms with E-state index in [4.69, 9.17) is 11.6 Å². The summed E-state index contributed by atoms with van der Waals surface area (Å²) < 4.78 is 53.9. The number of alkyl halides is 3. The predicted molar refractivity (Wildman–Crippen MR) is 121 cm³/mol. The smallest absolute Gasteiger partial charge is 0.364 e. The first-order valence-corrected chi connectivity index (χ1v) is 11.5.